The number of carbonyl (C=O) groups excluding carboxylic acids is 1. The lowest BCUT2D eigenvalue weighted by atomic mass is 10.2. The summed E-state index contributed by atoms with van der Waals surface area (Å²) >= 11 is 13.3. The minimum atomic E-state index is -3.78. The van der Waals surface area contributed by atoms with Crippen LogP contribution in [0.4, 0.5) is 11.4 Å². The van der Waals surface area contributed by atoms with E-state index in [1.165, 1.54) is 34.9 Å². The Morgan fingerprint density at radius 3 is 2.29 bits per heavy atom. The molecule has 0 aliphatic carbocycles. The maximum atomic E-state index is 13.3. The van der Waals surface area contributed by atoms with Crippen molar-refractivity contribution in [2.45, 2.75) is 11.8 Å². The Morgan fingerprint density at radius 1 is 1.00 bits per heavy atom. The molecule has 4 rings (SSSR count). The Kier molecular flexibility index (Phi) is 7.04. The number of nitrogens with zero attached hydrogens (tertiary/aromatic N) is 1. The SMILES string of the molecule is CCN(c1ccc2sc(C(=O)Nc3cc(Cl)cc(Cl)c3)cc2c1)S(=O)(=O)c1ccc(OC)cc1. The number of anilines is 2. The minimum absolute atomic E-state index is 0.167. The summed E-state index contributed by atoms with van der Waals surface area (Å²) in [7, 11) is -2.25. The van der Waals surface area contributed by atoms with Crippen LogP contribution in [0.25, 0.3) is 10.1 Å². The van der Waals surface area contributed by atoms with Gasteiger partial charge in [-0.15, -0.1) is 11.3 Å². The first kappa shape index (κ1) is 24.3. The highest BCUT2D eigenvalue weighted by Gasteiger charge is 2.24. The van der Waals surface area contributed by atoms with Crippen molar-refractivity contribution in [1.82, 2.24) is 0 Å². The Hall–Kier alpha value is -2.78. The molecule has 0 saturated carbocycles. The van der Waals surface area contributed by atoms with Gasteiger partial charge in [0.2, 0.25) is 0 Å². The Bertz CT molecular complexity index is 1450. The average Bonchev–Trinajstić information content (AvgIpc) is 3.22. The van der Waals surface area contributed by atoms with Gasteiger partial charge < -0.3 is 10.1 Å². The number of fused-ring (bicyclic) bond motifs is 1. The standard InChI is InChI=1S/C24H20Cl2N2O4S2/c1-3-28(34(30,31)21-7-5-20(32-2)6-8-21)19-4-9-22-15(10-19)11-23(33-22)24(29)27-18-13-16(25)12-17(26)14-18/h4-14H,3H2,1-2H3,(H,27,29). The van der Waals surface area contributed by atoms with Crippen molar-refractivity contribution in [2.75, 3.05) is 23.3 Å². The fourth-order valence-corrected chi connectivity index (χ4v) is 6.41. The number of benzene rings is 3. The number of amides is 1. The monoisotopic (exact) mass is 534 g/mol. The summed E-state index contributed by atoms with van der Waals surface area (Å²) < 4.78 is 33.9. The van der Waals surface area contributed by atoms with Crippen molar-refractivity contribution in [3.63, 3.8) is 0 Å². The predicted molar refractivity (Wildman–Crippen MR) is 139 cm³/mol. The summed E-state index contributed by atoms with van der Waals surface area (Å²) in [5.74, 6) is 0.270. The van der Waals surface area contributed by atoms with Crippen LogP contribution in [-0.2, 0) is 10.0 Å². The second-order valence-electron chi connectivity index (χ2n) is 7.29. The van der Waals surface area contributed by atoms with E-state index in [0.717, 1.165) is 10.1 Å². The van der Waals surface area contributed by atoms with Crippen molar-refractivity contribution in [2.24, 2.45) is 0 Å². The quantitative estimate of drug-likeness (QED) is 0.286. The third-order valence-electron chi connectivity index (χ3n) is 5.07. The van der Waals surface area contributed by atoms with Crippen molar-refractivity contribution >= 4 is 71.9 Å². The zero-order valence-corrected chi connectivity index (χ0v) is 21.4. The van der Waals surface area contributed by atoms with Gasteiger partial charge in [-0.2, -0.15) is 0 Å². The summed E-state index contributed by atoms with van der Waals surface area (Å²) in [4.78, 5) is 13.4. The third kappa shape index (κ3) is 5.00. The van der Waals surface area contributed by atoms with Gasteiger partial charge in [-0.3, -0.25) is 9.10 Å². The number of halogens is 2. The lowest BCUT2D eigenvalue weighted by Gasteiger charge is -2.23. The number of methoxy groups -OCH3 is 1. The highest BCUT2D eigenvalue weighted by Crippen LogP contribution is 2.33. The number of hydrogen-bond donors (Lipinski definition) is 1. The average molecular weight is 535 g/mol. The summed E-state index contributed by atoms with van der Waals surface area (Å²) in [6.07, 6.45) is 0. The number of carbonyl (C=O) groups is 1. The van der Waals surface area contributed by atoms with Crippen molar-refractivity contribution in [3.05, 3.63) is 81.7 Å². The molecule has 3 aromatic carbocycles. The molecule has 1 amide bonds. The molecule has 34 heavy (non-hydrogen) atoms. The number of thiophene rings is 1. The zero-order chi connectivity index (χ0) is 24.5. The van der Waals surface area contributed by atoms with Crippen molar-refractivity contribution in [1.29, 1.82) is 0 Å². The van der Waals surface area contributed by atoms with Crippen LogP contribution >= 0.6 is 34.5 Å². The number of rotatable bonds is 7. The van der Waals surface area contributed by atoms with Crippen LogP contribution in [0.15, 0.2) is 71.6 Å². The van der Waals surface area contributed by atoms with E-state index in [9.17, 15) is 13.2 Å². The summed E-state index contributed by atoms with van der Waals surface area (Å²) in [6, 6.07) is 18.1. The lowest BCUT2D eigenvalue weighted by molar-refractivity contribution is 0.103. The molecule has 0 spiro atoms. The number of nitrogens with one attached hydrogen (secondary N) is 1. The van der Waals surface area contributed by atoms with Gasteiger partial charge in [-0.1, -0.05) is 23.2 Å². The van der Waals surface area contributed by atoms with E-state index in [0.29, 0.717) is 32.0 Å². The van der Waals surface area contributed by atoms with Crippen LogP contribution in [0.1, 0.15) is 16.6 Å². The van der Waals surface area contributed by atoms with E-state index >= 15 is 0 Å². The van der Waals surface area contributed by atoms with E-state index in [1.54, 1.807) is 55.5 Å². The van der Waals surface area contributed by atoms with Gasteiger partial charge in [0, 0.05) is 27.0 Å². The number of sulfonamides is 1. The molecular weight excluding hydrogens is 515 g/mol. The molecule has 0 radical (unpaired) electrons. The Morgan fingerprint density at radius 2 is 1.68 bits per heavy atom. The molecule has 0 saturated heterocycles. The molecule has 1 N–H and O–H groups in total. The van der Waals surface area contributed by atoms with Crippen LogP contribution in [0.5, 0.6) is 5.75 Å². The number of hydrogen-bond acceptors (Lipinski definition) is 5. The Labute approximate surface area is 211 Å². The van der Waals surface area contributed by atoms with Gasteiger partial charge in [-0.25, -0.2) is 8.42 Å². The van der Waals surface area contributed by atoms with Crippen LogP contribution in [0.3, 0.4) is 0 Å². The van der Waals surface area contributed by atoms with E-state index in [2.05, 4.69) is 5.32 Å². The normalized spacial score (nSPS) is 11.4. The first-order chi connectivity index (χ1) is 16.2. The van der Waals surface area contributed by atoms with Gasteiger partial charge in [-0.05, 0) is 79.0 Å². The van der Waals surface area contributed by atoms with E-state index in [4.69, 9.17) is 27.9 Å². The molecule has 0 bridgehead atoms. The molecule has 10 heteroatoms. The van der Waals surface area contributed by atoms with Gasteiger partial charge in [0.1, 0.15) is 5.75 Å². The fourth-order valence-electron chi connectivity index (χ4n) is 3.48. The maximum absolute atomic E-state index is 13.3. The molecule has 6 nitrogen and oxygen atoms in total. The Balaban J connectivity index is 1.63. The summed E-state index contributed by atoms with van der Waals surface area (Å²) in [5, 5.41) is 4.39. The smallest absolute Gasteiger partial charge is 0.265 e. The lowest BCUT2D eigenvalue weighted by Crippen LogP contribution is -2.30. The van der Waals surface area contributed by atoms with Gasteiger partial charge >= 0.3 is 0 Å². The highest BCUT2D eigenvalue weighted by atomic mass is 35.5. The highest BCUT2D eigenvalue weighted by molar-refractivity contribution is 7.92. The molecule has 4 aromatic rings. The fraction of sp³-hybridized carbons (Fsp3) is 0.125. The van der Waals surface area contributed by atoms with Gasteiger partial charge in [0.15, 0.2) is 0 Å². The van der Waals surface area contributed by atoms with Crippen LogP contribution in [0.2, 0.25) is 10.0 Å². The largest absolute Gasteiger partial charge is 0.497 e. The van der Waals surface area contributed by atoms with Crippen LogP contribution < -0.4 is 14.4 Å². The van der Waals surface area contributed by atoms with Crippen molar-refractivity contribution < 1.29 is 17.9 Å². The van der Waals surface area contributed by atoms with E-state index in [1.807, 2.05) is 6.07 Å². The van der Waals surface area contributed by atoms with E-state index in [-0.39, 0.29) is 17.3 Å². The summed E-state index contributed by atoms with van der Waals surface area (Å²) in [6.45, 7) is 2.01. The van der Waals surface area contributed by atoms with Crippen LogP contribution in [0, 0.1) is 0 Å². The molecule has 176 valence electrons. The molecule has 0 unspecified atom stereocenters. The predicted octanol–water partition coefficient (Wildman–Crippen LogP) is 6.68. The third-order valence-corrected chi connectivity index (χ3v) is 8.54. The van der Waals surface area contributed by atoms with E-state index < -0.39 is 10.0 Å². The molecule has 0 aliphatic rings. The molecule has 0 atom stereocenters. The maximum Gasteiger partial charge on any atom is 0.265 e. The summed E-state index contributed by atoms with van der Waals surface area (Å²) in [5.41, 5.74) is 1.00. The molecule has 1 aromatic heterocycles. The molecular formula is C24H20Cl2N2O4S2. The second kappa shape index (κ2) is 9.84. The zero-order valence-electron chi connectivity index (χ0n) is 18.2. The van der Waals surface area contributed by atoms with Gasteiger partial charge in [0.05, 0.1) is 22.6 Å². The van der Waals surface area contributed by atoms with Gasteiger partial charge in [0.25, 0.3) is 15.9 Å². The first-order valence-corrected chi connectivity index (χ1v) is 13.2. The van der Waals surface area contributed by atoms with Crippen LogP contribution in [-0.4, -0.2) is 28.0 Å². The topological polar surface area (TPSA) is 75.7 Å². The molecule has 0 fully saturated rings. The second-order valence-corrected chi connectivity index (χ2v) is 11.1. The first-order valence-electron chi connectivity index (χ1n) is 10.2. The number of ether oxygens (including phenoxy) is 1. The molecule has 0 aliphatic heterocycles. The molecule has 1 heterocycles. The minimum Gasteiger partial charge on any atom is -0.497 e. The van der Waals surface area contributed by atoms with Crippen molar-refractivity contribution in [3.8, 4) is 5.75 Å².